The average Bonchev–Trinajstić information content (AvgIpc) is 2.59. The van der Waals surface area contributed by atoms with E-state index in [1.807, 2.05) is 0 Å². The minimum absolute atomic E-state index is 0.0391. The van der Waals surface area contributed by atoms with Crippen molar-refractivity contribution >= 4 is 21.5 Å². The van der Waals surface area contributed by atoms with E-state index in [0.29, 0.717) is 29.4 Å². The highest BCUT2D eigenvalue weighted by molar-refractivity contribution is 7.90. The standard InChI is InChI=1S/C19H23N3O4S/c1-11(2)9-10-22-13(4)12(3)17(23)16(19(22)24)18-20-14-7-5-6-8-15(14)27(25,26)21-18/h5-8,11,23H,9-10H2,1-4H3,(H,20,21). The lowest BCUT2D eigenvalue weighted by molar-refractivity contribution is 0.455. The normalized spacial score (nSPS) is 15.2. The molecule has 3 rings (SSSR count). The number of fused-ring (bicyclic) bond motifs is 1. The Morgan fingerprint density at radius 3 is 2.56 bits per heavy atom. The third-order valence-electron chi connectivity index (χ3n) is 4.79. The van der Waals surface area contributed by atoms with Crippen LogP contribution in [0, 0.1) is 19.8 Å². The Labute approximate surface area is 158 Å². The Morgan fingerprint density at radius 2 is 1.89 bits per heavy atom. The lowest BCUT2D eigenvalue weighted by Gasteiger charge is -2.21. The Morgan fingerprint density at radius 1 is 1.22 bits per heavy atom. The first-order valence-corrected chi connectivity index (χ1v) is 10.2. The Hall–Kier alpha value is -2.61. The molecule has 0 amide bonds. The quantitative estimate of drug-likeness (QED) is 0.837. The summed E-state index contributed by atoms with van der Waals surface area (Å²) in [6, 6.07) is 6.33. The highest BCUT2D eigenvalue weighted by atomic mass is 32.2. The molecule has 1 aliphatic heterocycles. The van der Waals surface area contributed by atoms with Crippen LogP contribution >= 0.6 is 0 Å². The molecule has 8 heteroatoms. The molecule has 0 bridgehead atoms. The van der Waals surface area contributed by atoms with Crippen molar-refractivity contribution in [1.29, 1.82) is 0 Å². The molecule has 0 fully saturated rings. The van der Waals surface area contributed by atoms with E-state index < -0.39 is 15.6 Å². The summed E-state index contributed by atoms with van der Waals surface area (Å²) in [5, 5.41) is 13.5. The topological polar surface area (TPSA) is 101 Å². The van der Waals surface area contributed by atoms with Crippen molar-refractivity contribution < 1.29 is 13.5 Å². The fourth-order valence-corrected chi connectivity index (χ4v) is 4.17. The largest absolute Gasteiger partial charge is 0.507 e. The minimum Gasteiger partial charge on any atom is -0.507 e. The van der Waals surface area contributed by atoms with Gasteiger partial charge in [0.25, 0.3) is 15.6 Å². The summed E-state index contributed by atoms with van der Waals surface area (Å²) in [7, 11) is -3.97. The van der Waals surface area contributed by atoms with E-state index >= 15 is 0 Å². The zero-order valence-corrected chi connectivity index (χ0v) is 16.6. The summed E-state index contributed by atoms with van der Waals surface area (Å²) >= 11 is 0. The Bertz CT molecular complexity index is 1100. The van der Waals surface area contributed by atoms with Gasteiger partial charge in [0.15, 0.2) is 5.84 Å². The molecule has 2 N–H and O–H groups in total. The Balaban J connectivity index is 2.21. The van der Waals surface area contributed by atoms with Crippen LogP contribution in [-0.2, 0) is 16.6 Å². The number of hydrogen-bond acceptors (Lipinski definition) is 5. The highest BCUT2D eigenvalue weighted by Crippen LogP contribution is 2.30. The van der Waals surface area contributed by atoms with Crippen LogP contribution in [0.25, 0.3) is 0 Å². The predicted octanol–water partition coefficient (Wildman–Crippen LogP) is 2.78. The first kappa shape index (κ1) is 19.2. The molecular weight excluding hydrogens is 366 g/mol. The second-order valence-corrected chi connectivity index (χ2v) is 8.68. The van der Waals surface area contributed by atoms with Crippen LogP contribution in [0.1, 0.15) is 37.1 Å². The molecule has 0 atom stereocenters. The van der Waals surface area contributed by atoms with Gasteiger partial charge in [0.2, 0.25) is 0 Å². The van der Waals surface area contributed by atoms with Gasteiger partial charge in [0.1, 0.15) is 16.2 Å². The van der Waals surface area contributed by atoms with E-state index in [4.69, 9.17) is 0 Å². The predicted molar refractivity (Wildman–Crippen MR) is 105 cm³/mol. The molecule has 0 radical (unpaired) electrons. The van der Waals surface area contributed by atoms with Crippen LogP contribution in [0.5, 0.6) is 5.75 Å². The van der Waals surface area contributed by atoms with Crippen molar-refractivity contribution in [2.45, 2.75) is 45.6 Å². The number of anilines is 1. The van der Waals surface area contributed by atoms with Gasteiger partial charge in [-0.05, 0) is 38.3 Å². The second kappa shape index (κ2) is 6.84. The van der Waals surface area contributed by atoms with Crippen LogP contribution in [0.15, 0.2) is 38.4 Å². The molecule has 7 nitrogen and oxygen atoms in total. The lowest BCUT2D eigenvalue weighted by Crippen LogP contribution is -2.34. The van der Waals surface area contributed by atoms with Crippen molar-refractivity contribution in [2.75, 3.05) is 5.32 Å². The van der Waals surface area contributed by atoms with E-state index in [2.05, 4.69) is 23.6 Å². The minimum atomic E-state index is -3.97. The maximum atomic E-state index is 13.1. The highest BCUT2D eigenvalue weighted by Gasteiger charge is 2.29. The first-order chi connectivity index (χ1) is 12.6. The fourth-order valence-electron chi connectivity index (χ4n) is 3.04. The number of rotatable bonds is 4. The number of amidine groups is 1. The maximum absolute atomic E-state index is 13.1. The van der Waals surface area contributed by atoms with Crippen molar-refractivity contribution in [3.8, 4) is 5.75 Å². The molecule has 0 unspecified atom stereocenters. The number of pyridine rings is 1. The van der Waals surface area contributed by atoms with Crippen molar-refractivity contribution in [1.82, 2.24) is 4.57 Å². The van der Waals surface area contributed by atoms with Gasteiger partial charge in [-0.2, -0.15) is 8.42 Å². The number of nitrogens with zero attached hydrogens (tertiary/aromatic N) is 2. The summed E-state index contributed by atoms with van der Waals surface area (Å²) in [5.74, 6) is -0.0111. The van der Waals surface area contributed by atoms with Gasteiger partial charge in [0.05, 0.1) is 5.69 Å². The molecular formula is C19H23N3O4S. The van der Waals surface area contributed by atoms with E-state index in [0.717, 1.165) is 6.42 Å². The monoisotopic (exact) mass is 389 g/mol. The molecule has 27 heavy (non-hydrogen) atoms. The summed E-state index contributed by atoms with van der Waals surface area (Å²) < 4.78 is 30.4. The van der Waals surface area contributed by atoms with Gasteiger partial charge < -0.3 is 15.0 Å². The lowest BCUT2D eigenvalue weighted by atomic mass is 10.1. The van der Waals surface area contributed by atoms with E-state index in [1.165, 1.54) is 6.07 Å². The van der Waals surface area contributed by atoms with Crippen LogP contribution in [-0.4, -0.2) is 23.9 Å². The molecule has 1 aromatic heterocycles. The van der Waals surface area contributed by atoms with Crippen molar-refractivity contribution in [3.05, 3.63) is 51.4 Å². The fraction of sp³-hybridized carbons (Fsp3) is 0.368. The van der Waals surface area contributed by atoms with E-state index in [-0.39, 0.29) is 22.0 Å². The Kier molecular flexibility index (Phi) is 4.86. The third-order valence-corrected chi connectivity index (χ3v) is 6.13. The van der Waals surface area contributed by atoms with Gasteiger partial charge in [0, 0.05) is 17.8 Å². The van der Waals surface area contributed by atoms with Crippen LogP contribution in [0.3, 0.4) is 0 Å². The number of benzene rings is 1. The average molecular weight is 389 g/mol. The second-order valence-electron chi connectivity index (χ2n) is 7.11. The smallest absolute Gasteiger partial charge is 0.286 e. The van der Waals surface area contributed by atoms with Crippen LogP contribution < -0.4 is 10.9 Å². The number of para-hydroxylation sites is 1. The first-order valence-electron chi connectivity index (χ1n) is 8.78. The SMILES string of the molecule is Cc1c(O)c(C2=NS(=O)(=O)c3ccccc3N2)c(=O)n(CCC(C)C)c1C. The molecule has 2 heterocycles. The molecule has 1 aromatic carbocycles. The molecule has 2 aromatic rings. The number of sulfonamides is 1. The number of hydrogen-bond donors (Lipinski definition) is 2. The van der Waals surface area contributed by atoms with E-state index in [1.54, 1.807) is 36.6 Å². The van der Waals surface area contributed by atoms with Gasteiger partial charge in [-0.25, -0.2) is 0 Å². The molecule has 0 spiro atoms. The number of aromatic hydroxyl groups is 1. The molecule has 0 aliphatic carbocycles. The van der Waals surface area contributed by atoms with Crippen molar-refractivity contribution in [3.63, 3.8) is 0 Å². The van der Waals surface area contributed by atoms with Gasteiger partial charge in [-0.3, -0.25) is 4.79 Å². The molecule has 0 saturated carbocycles. The summed E-state index contributed by atoms with van der Waals surface area (Å²) in [6.07, 6.45) is 0.783. The number of nitrogens with one attached hydrogen (secondary N) is 1. The van der Waals surface area contributed by atoms with Crippen LogP contribution in [0.2, 0.25) is 0 Å². The van der Waals surface area contributed by atoms with Gasteiger partial charge in [-0.15, -0.1) is 4.40 Å². The zero-order valence-electron chi connectivity index (χ0n) is 15.8. The van der Waals surface area contributed by atoms with Crippen LogP contribution in [0.4, 0.5) is 5.69 Å². The van der Waals surface area contributed by atoms with Gasteiger partial charge >= 0.3 is 0 Å². The maximum Gasteiger partial charge on any atom is 0.286 e. The molecule has 144 valence electrons. The van der Waals surface area contributed by atoms with Gasteiger partial charge in [-0.1, -0.05) is 26.0 Å². The third kappa shape index (κ3) is 3.37. The molecule has 1 aliphatic rings. The summed E-state index contributed by atoms with van der Waals surface area (Å²) in [4.78, 5) is 13.1. The zero-order chi connectivity index (χ0) is 19.9. The van der Waals surface area contributed by atoms with E-state index in [9.17, 15) is 18.3 Å². The van der Waals surface area contributed by atoms with Crippen molar-refractivity contribution in [2.24, 2.45) is 10.3 Å². The summed E-state index contributed by atoms with van der Waals surface area (Å²) in [6.45, 7) is 8.07. The molecule has 0 saturated heterocycles. The summed E-state index contributed by atoms with van der Waals surface area (Å²) in [5.41, 5.74) is 0.918. The number of aromatic nitrogens is 1.